The number of hydrogen-bond acceptors (Lipinski definition) is 2. The minimum absolute atomic E-state index is 0.350. The van der Waals surface area contributed by atoms with Crippen LogP contribution in [0.15, 0.2) is 0 Å². The Labute approximate surface area is 105 Å². The van der Waals surface area contributed by atoms with E-state index < -0.39 is 0 Å². The summed E-state index contributed by atoms with van der Waals surface area (Å²) >= 11 is 0. The summed E-state index contributed by atoms with van der Waals surface area (Å²) in [5.74, 6) is 1.22. The molecule has 0 aromatic carbocycles. The van der Waals surface area contributed by atoms with Gasteiger partial charge in [-0.25, -0.2) is 0 Å². The predicted molar refractivity (Wildman–Crippen MR) is 69.9 cm³/mol. The minimum Gasteiger partial charge on any atom is -0.343 e. The highest BCUT2D eigenvalue weighted by Gasteiger charge is 2.21. The maximum Gasteiger partial charge on any atom is 0.223 e. The van der Waals surface area contributed by atoms with Gasteiger partial charge < -0.3 is 10.2 Å². The first kappa shape index (κ1) is 12.9. The molecule has 1 N–H and O–H groups in total. The zero-order chi connectivity index (χ0) is 12.1. The molecular weight excluding hydrogens is 212 g/mol. The monoisotopic (exact) mass is 238 g/mol. The molecule has 3 heteroatoms. The summed E-state index contributed by atoms with van der Waals surface area (Å²) in [5.41, 5.74) is 0. The molecule has 2 atom stereocenters. The fourth-order valence-electron chi connectivity index (χ4n) is 3.08. The highest BCUT2D eigenvalue weighted by Crippen LogP contribution is 2.24. The first-order valence-electron chi connectivity index (χ1n) is 7.27. The molecule has 2 unspecified atom stereocenters. The number of hydrogen-bond donors (Lipinski definition) is 1. The molecule has 98 valence electrons. The fourth-order valence-corrected chi connectivity index (χ4v) is 3.08. The van der Waals surface area contributed by atoms with Crippen LogP contribution < -0.4 is 5.32 Å². The maximum atomic E-state index is 11.9. The number of carbonyl (C=O) groups excluding carboxylic acids is 1. The Morgan fingerprint density at radius 1 is 1.24 bits per heavy atom. The van der Waals surface area contributed by atoms with E-state index >= 15 is 0 Å². The van der Waals surface area contributed by atoms with Gasteiger partial charge in [-0.2, -0.15) is 0 Å². The van der Waals surface area contributed by atoms with Crippen molar-refractivity contribution < 1.29 is 4.79 Å². The lowest BCUT2D eigenvalue weighted by atomic mass is 10.1. The average molecular weight is 238 g/mol. The van der Waals surface area contributed by atoms with Gasteiger partial charge in [0, 0.05) is 32.1 Å². The Hall–Kier alpha value is -0.570. The van der Waals surface area contributed by atoms with Crippen LogP contribution in [-0.2, 0) is 4.79 Å². The first-order valence-corrected chi connectivity index (χ1v) is 7.27. The van der Waals surface area contributed by atoms with Gasteiger partial charge in [0.2, 0.25) is 5.91 Å². The second-order valence-corrected chi connectivity index (χ2v) is 5.76. The van der Waals surface area contributed by atoms with E-state index in [-0.39, 0.29) is 0 Å². The van der Waals surface area contributed by atoms with Gasteiger partial charge in [0.05, 0.1) is 0 Å². The van der Waals surface area contributed by atoms with E-state index in [2.05, 4.69) is 12.2 Å². The van der Waals surface area contributed by atoms with Crippen molar-refractivity contribution in [1.82, 2.24) is 10.2 Å². The van der Waals surface area contributed by atoms with Gasteiger partial charge >= 0.3 is 0 Å². The largest absolute Gasteiger partial charge is 0.343 e. The molecule has 0 bridgehead atoms. The van der Waals surface area contributed by atoms with E-state index in [0.29, 0.717) is 18.4 Å². The Balaban J connectivity index is 1.59. The van der Waals surface area contributed by atoms with Crippen molar-refractivity contribution in [3.05, 3.63) is 0 Å². The second-order valence-electron chi connectivity index (χ2n) is 5.76. The standard InChI is InChI=1S/C14H26N2O/c1-12-5-6-13(11-12)15-8-7-14(17)16-9-3-2-4-10-16/h12-13,15H,2-11H2,1H3. The number of nitrogens with one attached hydrogen (secondary N) is 1. The highest BCUT2D eigenvalue weighted by atomic mass is 16.2. The van der Waals surface area contributed by atoms with Gasteiger partial charge in [0.25, 0.3) is 0 Å². The molecule has 0 aromatic heterocycles. The van der Waals surface area contributed by atoms with Crippen LogP contribution in [0.4, 0.5) is 0 Å². The second kappa shape index (κ2) is 6.39. The number of likely N-dealkylation sites (tertiary alicyclic amines) is 1. The lowest BCUT2D eigenvalue weighted by molar-refractivity contribution is -0.132. The van der Waals surface area contributed by atoms with Crippen LogP contribution in [0, 0.1) is 5.92 Å². The van der Waals surface area contributed by atoms with E-state index in [1.807, 2.05) is 4.90 Å². The molecule has 1 aliphatic heterocycles. The summed E-state index contributed by atoms with van der Waals surface area (Å²) in [7, 11) is 0. The van der Waals surface area contributed by atoms with Crippen molar-refractivity contribution in [2.24, 2.45) is 5.92 Å². The van der Waals surface area contributed by atoms with E-state index in [0.717, 1.165) is 25.6 Å². The molecular formula is C14H26N2O. The molecule has 0 radical (unpaired) electrons. The Morgan fingerprint density at radius 3 is 2.65 bits per heavy atom. The third kappa shape index (κ3) is 3.98. The third-order valence-electron chi connectivity index (χ3n) is 4.18. The van der Waals surface area contributed by atoms with Crippen LogP contribution >= 0.6 is 0 Å². The molecule has 1 aliphatic carbocycles. The van der Waals surface area contributed by atoms with Crippen LogP contribution in [0.2, 0.25) is 0 Å². The van der Waals surface area contributed by atoms with Crippen molar-refractivity contribution in [3.8, 4) is 0 Å². The molecule has 2 rings (SSSR count). The molecule has 0 aromatic rings. The summed E-state index contributed by atoms with van der Waals surface area (Å²) in [4.78, 5) is 14.0. The fraction of sp³-hybridized carbons (Fsp3) is 0.929. The SMILES string of the molecule is CC1CCC(NCCC(=O)N2CCCCC2)C1. The van der Waals surface area contributed by atoms with Crippen molar-refractivity contribution in [1.29, 1.82) is 0 Å². The maximum absolute atomic E-state index is 11.9. The predicted octanol–water partition coefficient (Wildman–Crippen LogP) is 2.17. The van der Waals surface area contributed by atoms with Gasteiger partial charge in [-0.3, -0.25) is 4.79 Å². The number of carbonyl (C=O) groups is 1. The number of rotatable bonds is 4. The zero-order valence-electron chi connectivity index (χ0n) is 11.1. The van der Waals surface area contributed by atoms with Gasteiger partial charge in [-0.15, -0.1) is 0 Å². The molecule has 0 spiro atoms. The number of amides is 1. The molecule has 1 saturated carbocycles. The molecule has 2 fully saturated rings. The summed E-state index contributed by atoms with van der Waals surface area (Å²) in [6.45, 7) is 5.16. The van der Waals surface area contributed by atoms with Crippen molar-refractivity contribution in [3.63, 3.8) is 0 Å². The highest BCUT2D eigenvalue weighted by molar-refractivity contribution is 5.76. The van der Waals surface area contributed by atoms with Crippen LogP contribution in [0.25, 0.3) is 0 Å². The van der Waals surface area contributed by atoms with E-state index in [1.165, 1.54) is 38.5 Å². The van der Waals surface area contributed by atoms with Gasteiger partial charge in [0.15, 0.2) is 0 Å². The molecule has 3 nitrogen and oxygen atoms in total. The van der Waals surface area contributed by atoms with E-state index in [4.69, 9.17) is 0 Å². The topological polar surface area (TPSA) is 32.3 Å². The molecule has 1 saturated heterocycles. The number of piperidine rings is 1. The van der Waals surface area contributed by atoms with Crippen LogP contribution in [0.5, 0.6) is 0 Å². The van der Waals surface area contributed by atoms with E-state index in [9.17, 15) is 4.79 Å². The Bertz CT molecular complexity index is 249. The van der Waals surface area contributed by atoms with Crippen molar-refractivity contribution in [2.45, 2.75) is 57.9 Å². The molecule has 1 amide bonds. The summed E-state index contributed by atoms with van der Waals surface area (Å²) < 4.78 is 0. The lowest BCUT2D eigenvalue weighted by Crippen LogP contribution is -2.38. The molecule has 1 heterocycles. The summed E-state index contributed by atoms with van der Waals surface area (Å²) in [6.07, 6.45) is 8.29. The van der Waals surface area contributed by atoms with Gasteiger partial charge in [-0.05, 0) is 44.4 Å². The molecule has 2 aliphatic rings. The van der Waals surface area contributed by atoms with Crippen molar-refractivity contribution in [2.75, 3.05) is 19.6 Å². The smallest absolute Gasteiger partial charge is 0.223 e. The van der Waals surface area contributed by atoms with Crippen LogP contribution in [0.1, 0.15) is 51.9 Å². The summed E-state index contributed by atoms with van der Waals surface area (Å²) in [5, 5.41) is 3.53. The first-order chi connectivity index (χ1) is 8.25. The van der Waals surface area contributed by atoms with Crippen LogP contribution in [0.3, 0.4) is 0 Å². The van der Waals surface area contributed by atoms with E-state index in [1.54, 1.807) is 0 Å². The van der Waals surface area contributed by atoms with Crippen LogP contribution in [-0.4, -0.2) is 36.5 Å². The van der Waals surface area contributed by atoms with Gasteiger partial charge in [0.1, 0.15) is 0 Å². The minimum atomic E-state index is 0.350. The van der Waals surface area contributed by atoms with Gasteiger partial charge in [-0.1, -0.05) is 6.92 Å². The Morgan fingerprint density at radius 2 is 2.00 bits per heavy atom. The quantitative estimate of drug-likeness (QED) is 0.814. The van der Waals surface area contributed by atoms with Crippen molar-refractivity contribution >= 4 is 5.91 Å². The Kier molecular flexibility index (Phi) is 4.84. The number of nitrogens with zero attached hydrogens (tertiary/aromatic N) is 1. The normalized spacial score (nSPS) is 29.6. The summed E-state index contributed by atoms with van der Waals surface area (Å²) in [6, 6.07) is 0.666. The molecule has 17 heavy (non-hydrogen) atoms. The zero-order valence-corrected chi connectivity index (χ0v) is 11.1. The lowest BCUT2D eigenvalue weighted by Gasteiger charge is -2.27. The average Bonchev–Trinajstić information content (AvgIpc) is 2.76. The third-order valence-corrected chi connectivity index (χ3v) is 4.18.